The molecule has 0 aromatic heterocycles. The van der Waals surface area contributed by atoms with E-state index in [2.05, 4.69) is 27.7 Å². The van der Waals surface area contributed by atoms with Gasteiger partial charge in [-0.05, 0) is 31.6 Å². The third-order valence-corrected chi connectivity index (χ3v) is 4.76. The molecular formula is C16H32N2O. The summed E-state index contributed by atoms with van der Waals surface area (Å²) >= 11 is 0. The zero-order valence-corrected chi connectivity index (χ0v) is 13.2. The van der Waals surface area contributed by atoms with Crippen LogP contribution in [-0.4, -0.2) is 29.4 Å². The Hall–Kier alpha value is -0.570. The van der Waals surface area contributed by atoms with E-state index in [1.54, 1.807) is 0 Å². The Morgan fingerprint density at radius 3 is 2.47 bits per heavy atom. The van der Waals surface area contributed by atoms with Gasteiger partial charge in [-0.15, -0.1) is 0 Å². The average Bonchev–Trinajstić information content (AvgIpc) is 2.39. The maximum atomic E-state index is 12.8. The molecule has 112 valence electrons. The fraction of sp³-hybridized carbons (Fsp3) is 0.938. The highest BCUT2D eigenvalue weighted by molar-refractivity contribution is 5.86. The van der Waals surface area contributed by atoms with Gasteiger partial charge in [0, 0.05) is 13.1 Å². The van der Waals surface area contributed by atoms with Crippen molar-refractivity contribution in [3.05, 3.63) is 0 Å². The molecule has 0 aromatic carbocycles. The fourth-order valence-electron chi connectivity index (χ4n) is 3.32. The maximum Gasteiger partial charge on any atom is 0.242 e. The van der Waals surface area contributed by atoms with Crippen molar-refractivity contribution in [1.29, 1.82) is 0 Å². The predicted molar refractivity (Wildman–Crippen MR) is 80.9 cm³/mol. The lowest BCUT2D eigenvalue weighted by molar-refractivity contribution is -0.139. The van der Waals surface area contributed by atoms with Crippen LogP contribution in [0.2, 0.25) is 0 Å². The number of nitrogens with two attached hydrogens (primary N) is 1. The first-order valence-electron chi connectivity index (χ1n) is 8.05. The van der Waals surface area contributed by atoms with Crippen molar-refractivity contribution in [2.24, 2.45) is 17.6 Å². The second kappa shape index (κ2) is 7.28. The molecular weight excluding hydrogens is 236 g/mol. The van der Waals surface area contributed by atoms with E-state index in [0.717, 1.165) is 45.2 Å². The van der Waals surface area contributed by atoms with E-state index in [1.807, 2.05) is 4.90 Å². The average molecular weight is 268 g/mol. The van der Waals surface area contributed by atoms with Gasteiger partial charge in [0.25, 0.3) is 0 Å². The second-order valence-corrected chi connectivity index (χ2v) is 6.38. The number of rotatable bonds is 6. The van der Waals surface area contributed by atoms with Gasteiger partial charge < -0.3 is 10.6 Å². The molecule has 1 amide bonds. The number of hydrogen-bond donors (Lipinski definition) is 1. The van der Waals surface area contributed by atoms with E-state index in [0.29, 0.717) is 11.8 Å². The summed E-state index contributed by atoms with van der Waals surface area (Å²) in [5, 5.41) is 0. The van der Waals surface area contributed by atoms with Gasteiger partial charge in [-0.25, -0.2) is 0 Å². The third-order valence-electron chi connectivity index (χ3n) is 4.76. The molecule has 0 radical (unpaired) electrons. The molecule has 1 aliphatic carbocycles. The molecule has 1 aliphatic rings. The Morgan fingerprint density at radius 2 is 2.00 bits per heavy atom. The van der Waals surface area contributed by atoms with Gasteiger partial charge in [0.15, 0.2) is 0 Å². The van der Waals surface area contributed by atoms with Gasteiger partial charge in [0.05, 0.1) is 5.54 Å². The van der Waals surface area contributed by atoms with E-state index < -0.39 is 5.54 Å². The first-order valence-corrected chi connectivity index (χ1v) is 8.05. The van der Waals surface area contributed by atoms with Crippen LogP contribution in [0.1, 0.15) is 66.2 Å². The van der Waals surface area contributed by atoms with Crippen LogP contribution in [0, 0.1) is 11.8 Å². The van der Waals surface area contributed by atoms with Gasteiger partial charge in [0.1, 0.15) is 0 Å². The van der Waals surface area contributed by atoms with Gasteiger partial charge in [-0.2, -0.15) is 0 Å². The largest absolute Gasteiger partial charge is 0.341 e. The summed E-state index contributed by atoms with van der Waals surface area (Å²) in [6.45, 7) is 10.3. The fourth-order valence-corrected chi connectivity index (χ4v) is 3.32. The van der Waals surface area contributed by atoms with E-state index in [1.165, 1.54) is 6.42 Å². The number of likely N-dealkylation sites (N-methyl/N-ethyl adjacent to an activating group) is 1. The highest BCUT2D eigenvalue weighted by Gasteiger charge is 2.40. The SMILES string of the molecule is CCC(CC)CN(CC)C(=O)C1(N)CCCC(C)C1. The number of carbonyl (C=O) groups is 1. The first-order chi connectivity index (χ1) is 8.96. The van der Waals surface area contributed by atoms with Crippen LogP contribution in [0.4, 0.5) is 0 Å². The van der Waals surface area contributed by atoms with Gasteiger partial charge in [0.2, 0.25) is 5.91 Å². The van der Waals surface area contributed by atoms with Crippen molar-refractivity contribution in [1.82, 2.24) is 4.90 Å². The van der Waals surface area contributed by atoms with Crippen molar-refractivity contribution in [2.75, 3.05) is 13.1 Å². The molecule has 3 heteroatoms. The molecule has 2 unspecified atom stereocenters. The molecule has 3 nitrogen and oxygen atoms in total. The Morgan fingerprint density at radius 1 is 1.37 bits per heavy atom. The zero-order chi connectivity index (χ0) is 14.5. The molecule has 19 heavy (non-hydrogen) atoms. The lowest BCUT2D eigenvalue weighted by Crippen LogP contribution is -2.58. The topological polar surface area (TPSA) is 46.3 Å². The van der Waals surface area contributed by atoms with E-state index in [9.17, 15) is 4.79 Å². The van der Waals surface area contributed by atoms with Crippen LogP contribution in [0.15, 0.2) is 0 Å². The van der Waals surface area contributed by atoms with E-state index >= 15 is 0 Å². The minimum absolute atomic E-state index is 0.188. The van der Waals surface area contributed by atoms with Crippen LogP contribution < -0.4 is 5.73 Å². The van der Waals surface area contributed by atoms with Gasteiger partial charge >= 0.3 is 0 Å². The van der Waals surface area contributed by atoms with Crippen LogP contribution >= 0.6 is 0 Å². The molecule has 1 saturated carbocycles. The zero-order valence-electron chi connectivity index (χ0n) is 13.2. The van der Waals surface area contributed by atoms with Gasteiger partial charge in [-0.1, -0.05) is 46.5 Å². The monoisotopic (exact) mass is 268 g/mol. The number of amides is 1. The molecule has 1 rings (SSSR count). The standard InChI is InChI=1S/C16H32N2O/c1-5-14(6-2)12-18(7-3)15(19)16(17)10-8-9-13(4)11-16/h13-14H,5-12,17H2,1-4H3. The van der Waals surface area contributed by atoms with Crippen LogP contribution in [0.25, 0.3) is 0 Å². The van der Waals surface area contributed by atoms with Gasteiger partial charge in [-0.3, -0.25) is 4.79 Å². The van der Waals surface area contributed by atoms with E-state index in [4.69, 9.17) is 5.73 Å². The number of nitrogens with zero attached hydrogens (tertiary/aromatic N) is 1. The quantitative estimate of drug-likeness (QED) is 0.804. The summed E-state index contributed by atoms with van der Waals surface area (Å²) in [6, 6.07) is 0. The summed E-state index contributed by atoms with van der Waals surface area (Å²) in [7, 11) is 0. The predicted octanol–water partition coefficient (Wildman–Crippen LogP) is 3.18. The van der Waals surface area contributed by atoms with Crippen LogP contribution in [0.3, 0.4) is 0 Å². The Bertz CT molecular complexity index is 288. The van der Waals surface area contributed by atoms with Crippen LogP contribution in [-0.2, 0) is 4.79 Å². The van der Waals surface area contributed by atoms with Crippen molar-refractivity contribution < 1.29 is 4.79 Å². The normalized spacial score (nSPS) is 27.6. The van der Waals surface area contributed by atoms with Crippen molar-refractivity contribution in [2.45, 2.75) is 71.8 Å². The number of hydrogen-bond acceptors (Lipinski definition) is 2. The highest BCUT2D eigenvalue weighted by atomic mass is 16.2. The minimum atomic E-state index is -0.598. The molecule has 0 heterocycles. The Kier molecular flexibility index (Phi) is 6.31. The van der Waals surface area contributed by atoms with Crippen LogP contribution in [0.5, 0.6) is 0 Å². The summed E-state index contributed by atoms with van der Waals surface area (Å²) < 4.78 is 0. The summed E-state index contributed by atoms with van der Waals surface area (Å²) in [4.78, 5) is 14.8. The molecule has 0 aliphatic heterocycles. The highest BCUT2D eigenvalue weighted by Crippen LogP contribution is 2.32. The summed E-state index contributed by atoms with van der Waals surface area (Å²) in [5.41, 5.74) is 5.84. The summed E-state index contributed by atoms with van der Waals surface area (Å²) in [5.74, 6) is 1.37. The Balaban J connectivity index is 2.71. The maximum absolute atomic E-state index is 12.8. The lowest BCUT2D eigenvalue weighted by atomic mass is 9.76. The molecule has 1 fully saturated rings. The minimum Gasteiger partial charge on any atom is -0.341 e. The molecule has 0 spiro atoms. The lowest BCUT2D eigenvalue weighted by Gasteiger charge is -2.39. The molecule has 2 atom stereocenters. The molecule has 0 aromatic rings. The first kappa shape index (κ1) is 16.5. The van der Waals surface area contributed by atoms with E-state index in [-0.39, 0.29) is 5.91 Å². The number of carbonyl (C=O) groups excluding carboxylic acids is 1. The third kappa shape index (κ3) is 4.20. The van der Waals surface area contributed by atoms with Crippen molar-refractivity contribution >= 4 is 5.91 Å². The second-order valence-electron chi connectivity index (χ2n) is 6.38. The van der Waals surface area contributed by atoms with Crippen molar-refractivity contribution in [3.8, 4) is 0 Å². The molecule has 2 N–H and O–H groups in total. The van der Waals surface area contributed by atoms with Crippen molar-refractivity contribution in [3.63, 3.8) is 0 Å². The molecule has 0 bridgehead atoms. The summed E-state index contributed by atoms with van der Waals surface area (Å²) in [6.07, 6.45) is 6.28. The smallest absolute Gasteiger partial charge is 0.242 e. The molecule has 0 saturated heterocycles. The Labute approximate surface area is 118 Å².